The van der Waals surface area contributed by atoms with Crippen molar-refractivity contribution in [1.29, 1.82) is 0 Å². The maximum absolute atomic E-state index is 13.4. The lowest BCUT2D eigenvalue weighted by Gasteiger charge is -2.29. The summed E-state index contributed by atoms with van der Waals surface area (Å²) in [4.78, 5) is 27.5. The first-order valence-electron chi connectivity index (χ1n) is 10.8. The van der Waals surface area contributed by atoms with Crippen LogP contribution in [0.3, 0.4) is 0 Å². The highest BCUT2D eigenvalue weighted by atomic mass is 32.1. The van der Waals surface area contributed by atoms with E-state index in [1.54, 1.807) is 31.2 Å². The number of rotatable bonds is 5. The number of anilines is 1. The summed E-state index contributed by atoms with van der Waals surface area (Å²) in [6.07, 6.45) is 1.49. The molecule has 172 valence electrons. The normalized spacial score (nSPS) is 14.8. The predicted octanol–water partition coefficient (Wildman–Crippen LogP) is 5.27. The second-order valence-electron chi connectivity index (χ2n) is 7.74. The summed E-state index contributed by atoms with van der Waals surface area (Å²) in [5.41, 5.74) is 2.31. The highest BCUT2D eigenvalue weighted by Crippen LogP contribution is 2.30. The van der Waals surface area contributed by atoms with Crippen molar-refractivity contribution >= 4 is 40.9 Å². The third-order valence-electron chi connectivity index (χ3n) is 5.41. The summed E-state index contributed by atoms with van der Waals surface area (Å²) in [5, 5.41) is 6.63. The van der Waals surface area contributed by atoms with Crippen LogP contribution in [0.25, 0.3) is 17.4 Å². The number of aryl methyl sites for hydroxylation is 1. The van der Waals surface area contributed by atoms with Crippen molar-refractivity contribution in [1.82, 2.24) is 10.5 Å². The molecule has 0 saturated carbocycles. The van der Waals surface area contributed by atoms with Gasteiger partial charge in [-0.25, -0.2) is 0 Å². The van der Waals surface area contributed by atoms with Crippen molar-refractivity contribution < 1.29 is 18.8 Å². The van der Waals surface area contributed by atoms with E-state index in [0.29, 0.717) is 34.2 Å². The molecule has 2 heterocycles. The van der Waals surface area contributed by atoms with Gasteiger partial charge in [0.25, 0.3) is 11.8 Å². The van der Waals surface area contributed by atoms with E-state index in [-0.39, 0.29) is 10.7 Å². The fraction of sp³-hybridized carbons (Fsp3) is 0.0370. The Balaban J connectivity index is 1.46. The van der Waals surface area contributed by atoms with Crippen LogP contribution in [0.2, 0.25) is 0 Å². The molecule has 1 N–H and O–H groups in total. The molecular formula is C27H19N3O4S. The maximum atomic E-state index is 13.4. The van der Waals surface area contributed by atoms with Crippen LogP contribution < -0.4 is 15.0 Å². The zero-order valence-corrected chi connectivity index (χ0v) is 19.4. The minimum absolute atomic E-state index is 0.000740. The second kappa shape index (κ2) is 9.36. The molecule has 4 aromatic rings. The molecule has 1 aliphatic heterocycles. The molecule has 7 nitrogen and oxygen atoms in total. The summed E-state index contributed by atoms with van der Waals surface area (Å²) in [6.45, 7) is 1.75. The SMILES string of the molecule is Cc1noc(-c2ccccc2)c1C=C1C(=O)NC(=S)N(c2ccc(Oc3ccccc3)cc2)C1=O. The molecule has 8 heteroatoms. The predicted molar refractivity (Wildman–Crippen MR) is 136 cm³/mol. The molecular weight excluding hydrogens is 462 g/mol. The van der Waals surface area contributed by atoms with Gasteiger partial charge in [-0.3, -0.25) is 19.8 Å². The monoisotopic (exact) mass is 481 g/mol. The van der Waals surface area contributed by atoms with E-state index in [2.05, 4.69) is 10.5 Å². The van der Waals surface area contributed by atoms with E-state index in [1.807, 2.05) is 60.7 Å². The van der Waals surface area contributed by atoms with E-state index in [4.69, 9.17) is 21.5 Å². The zero-order chi connectivity index (χ0) is 24.4. The van der Waals surface area contributed by atoms with Crippen molar-refractivity contribution in [3.05, 3.63) is 102 Å². The van der Waals surface area contributed by atoms with Gasteiger partial charge in [0.05, 0.1) is 11.4 Å². The van der Waals surface area contributed by atoms with Gasteiger partial charge >= 0.3 is 0 Å². The number of carbonyl (C=O) groups is 2. The molecule has 2 amide bonds. The van der Waals surface area contributed by atoms with Crippen molar-refractivity contribution in [2.45, 2.75) is 6.92 Å². The maximum Gasteiger partial charge on any atom is 0.270 e. The molecule has 1 aromatic heterocycles. The standard InChI is InChI=1S/C27H19N3O4S/c1-17-22(24(34-29-17)18-8-4-2-5-9-18)16-23-25(31)28-27(35)30(26(23)32)19-12-14-21(15-13-19)33-20-10-6-3-7-11-20/h2-16H,1H3,(H,28,31,35). The smallest absolute Gasteiger partial charge is 0.270 e. The molecule has 0 unspecified atom stereocenters. The van der Waals surface area contributed by atoms with Crippen LogP contribution in [-0.2, 0) is 9.59 Å². The Bertz CT molecular complexity index is 1450. The number of hydrogen-bond donors (Lipinski definition) is 1. The van der Waals surface area contributed by atoms with E-state index in [9.17, 15) is 9.59 Å². The molecule has 0 bridgehead atoms. The van der Waals surface area contributed by atoms with Gasteiger partial charge < -0.3 is 9.26 Å². The third-order valence-corrected chi connectivity index (χ3v) is 5.69. The molecule has 35 heavy (non-hydrogen) atoms. The number of aromatic nitrogens is 1. The molecule has 1 fully saturated rings. The van der Waals surface area contributed by atoms with Crippen molar-refractivity contribution in [3.63, 3.8) is 0 Å². The molecule has 1 saturated heterocycles. The van der Waals surface area contributed by atoms with Crippen molar-refractivity contribution in [2.75, 3.05) is 4.90 Å². The van der Waals surface area contributed by atoms with Gasteiger partial charge in [-0.15, -0.1) is 0 Å². The van der Waals surface area contributed by atoms with Crippen LogP contribution in [0, 0.1) is 6.92 Å². The summed E-state index contributed by atoms with van der Waals surface area (Å²) in [6, 6.07) is 25.6. The van der Waals surface area contributed by atoms with Crippen molar-refractivity contribution in [3.8, 4) is 22.8 Å². The van der Waals surface area contributed by atoms with Gasteiger partial charge in [-0.05, 0) is 61.6 Å². The van der Waals surface area contributed by atoms with E-state index < -0.39 is 11.8 Å². The molecule has 3 aromatic carbocycles. The highest BCUT2D eigenvalue weighted by Gasteiger charge is 2.35. The molecule has 1 aliphatic rings. The molecule has 0 aliphatic carbocycles. The van der Waals surface area contributed by atoms with Crippen LogP contribution >= 0.6 is 12.2 Å². The lowest BCUT2D eigenvalue weighted by molar-refractivity contribution is -0.122. The summed E-state index contributed by atoms with van der Waals surface area (Å²) in [7, 11) is 0. The van der Waals surface area contributed by atoms with E-state index in [1.165, 1.54) is 11.0 Å². The minimum atomic E-state index is -0.583. The fourth-order valence-electron chi connectivity index (χ4n) is 3.67. The molecule has 0 atom stereocenters. The summed E-state index contributed by atoms with van der Waals surface area (Å²) >= 11 is 5.31. The number of nitrogens with zero attached hydrogens (tertiary/aromatic N) is 2. The van der Waals surface area contributed by atoms with Crippen LogP contribution in [-0.4, -0.2) is 22.1 Å². The number of benzene rings is 3. The number of carbonyl (C=O) groups excluding carboxylic acids is 2. The summed E-state index contributed by atoms with van der Waals surface area (Å²) in [5.74, 6) is 0.636. The molecule has 0 spiro atoms. The average molecular weight is 482 g/mol. The highest BCUT2D eigenvalue weighted by molar-refractivity contribution is 7.80. The Kier molecular flexibility index (Phi) is 5.95. The Morgan fingerprint density at radius 1 is 0.914 bits per heavy atom. The van der Waals surface area contributed by atoms with E-state index in [0.717, 1.165) is 5.56 Å². The number of nitrogens with one attached hydrogen (secondary N) is 1. The van der Waals surface area contributed by atoms with E-state index >= 15 is 0 Å². The lowest BCUT2D eigenvalue weighted by Crippen LogP contribution is -2.54. The van der Waals surface area contributed by atoms with Crippen molar-refractivity contribution in [2.24, 2.45) is 0 Å². The van der Waals surface area contributed by atoms with Gasteiger partial charge in [0.2, 0.25) is 0 Å². The number of amides is 2. The van der Waals surface area contributed by atoms with Crippen LogP contribution in [0.15, 0.2) is 95.0 Å². The first-order chi connectivity index (χ1) is 17.0. The fourth-order valence-corrected chi connectivity index (χ4v) is 3.95. The largest absolute Gasteiger partial charge is 0.457 e. The third kappa shape index (κ3) is 4.47. The van der Waals surface area contributed by atoms with Crippen LogP contribution in [0.4, 0.5) is 5.69 Å². The number of para-hydroxylation sites is 1. The van der Waals surface area contributed by atoms with Gasteiger partial charge in [-0.1, -0.05) is 53.7 Å². The molecule has 5 rings (SSSR count). The second-order valence-corrected chi connectivity index (χ2v) is 8.13. The Morgan fingerprint density at radius 3 is 2.23 bits per heavy atom. The topological polar surface area (TPSA) is 84.7 Å². The number of thiocarbonyl (C=S) groups is 1. The lowest BCUT2D eigenvalue weighted by atomic mass is 10.0. The van der Waals surface area contributed by atoms with Crippen LogP contribution in [0.1, 0.15) is 11.3 Å². The number of ether oxygens (including phenoxy) is 1. The van der Waals surface area contributed by atoms with Crippen LogP contribution in [0.5, 0.6) is 11.5 Å². The Labute approximate surface area is 206 Å². The Hall–Kier alpha value is -4.56. The molecule has 0 radical (unpaired) electrons. The average Bonchev–Trinajstić information content (AvgIpc) is 3.24. The quantitative estimate of drug-likeness (QED) is 0.237. The zero-order valence-electron chi connectivity index (χ0n) is 18.6. The first-order valence-corrected chi connectivity index (χ1v) is 11.2. The van der Waals surface area contributed by atoms with Gasteiger partial charge in [0.1, 0.15) is 17.1 Å². The first kappa shape index (κ1) is 22.2. The van der Waals surface area contributed by atoms with Gasteiger partial charge in [-0.2, -0.15) is 0 Å². The minimum Gasteiger partial charge on any atom is -0.457 e. The summed E-state index contributed by atoms with van der Waals surface area (Å²) < 4.78 is 11.3. The van der Waals surface area contributed by atoms with Gasteiger partial charge in [0, 0.05) is 11.1 Å². The Morgan fingerprint density at radius 2 is 1.54 bits per heavy atom. The number of hydrogen-bond acceptors (Lipinski definition) is 6. The van der Waals surface area contributed by atoms with Gasteiger partial charge in [0.15, 0.2) is 10.9 Å².